The van der Waals surface area contributed by atoms with Crippen LogP contribution in [0.2, 0.25) is 0 Å². The maximum absolute atomic E-state index is 13.2. The highest BCUT2D eigenvalue weighted by molar-refractivity contribution is 5.80. The van der Waals surface area contributed by atoms with Crippen molar-refractivity contribution in [1.29, 1.82) is 0 Å². The van der Waals surface area contributed by atoms with Crippen molar-refractivity contribution in [2.45, 2.75) is 38.0 Å². The topological polar surface area (TPSA) is 88.7 Å². The zero-order valence-corrected chi connectivity index (χ0v) is 18.9. The number of alkyl halides is 6. The van der Waals surface area contributed by atoms with E-state index in [0.717, 1.165) is 6.07 Å². The van der Waals surface area contributed by atoms with E-state index in [4.69, 9.17) is 9.47 Å². The lowest BCUT2D eigenvalue weighted by atomic mass is 10.1. The quantitative estimate of drug-likeness (QED) is 0.350. The van der Waals surface area contributed by atoms with E-state index in [0.29, 0.717) is 18.2 Å². The molecule has 0 radical (unpaired) electrons. The van der Waals surface area contributed by atoms with E-state index >= 15 is 0 Å². The minimum Gasteiger partial charge on any atom is -0.420 e. The summed E-state index contributed by atoms with van der Waals surface area (Å²) < 4.78 is 88.2. The molecule has 7 nitrogen and oxygen atoms in total. The maximum Gasteiger partial charge on any atom is 0.418 e. The van der Waals surface area contributed by atoms with Crippen LogP contribution in [0.1, 0.15) is 24.5 Å². The molecule has 36 heavy (non-hydrogen) atoms. The molecule has 1 saturated heterocycles. The summed E-state index contributed by atoms with van der Waals surface area (Å²) in [7, 11) is 0. The lowest BCUT2D eigenvalue weighted by Crippen LogP contribution is -2.56. The molecule has 0 spiro atoms. The van der Waals surface area contributed by atoms with Crippen LogP contribution in [0.3, 0.4) is 0 Å². The van der Waals surface area contributed by atoms with Crippen molar-refractivity contribution < 1.29 is 45.4 Å². The first-order valence-corrected chi connectivity index (χ1v) is 10.7. The SMILES string of the molecule is CC(C(=O)N[C@]1(OC(=O)NCc2ccc(Nc3ccccc3C(F)(F)F)cc2)CCOC1)C(F)(F)F. The average Bonchev–Trinajstić information content (AvgIpc) is 3.24. The number of alkyl carbamates (subject to hydrolysis) is 1. The molecule has 1 aliphatic heterocycles. The summed E-state index contributed by atoms with van der Waals surface area (Å²) in [6.07, 6.45) is -10.3. The zero-order chi connectivity index (χ0) is 26.6. The Balaban J connectivity index is 1.57. The van der Waals surface area contributed by atoms with Gasteiger partial charge in [-0.05, 0) is 36.8 Å². The second-order valence-electron chi connectivity index (χ2n) is 8.16. The van der Waals surface area contributed by atoms with Crippen LogP contribution in [0.25, 0.3) is 0 Å². The van der Waals surface area contributed by atoms with Crippen molar-refractivity contribution in [3.05, 3.63) is 59.7 Å². The van der Waals surface area contributed by atoms with Crippen LogP contribution in [-0.4, -0.2) is 37.1 Å². The molecule has 0 bridgehead atoms. The van der Waals surface area contributed by atoms with E-state index in [-0.39, 0.29) is 31.9 Å². The van der Waals surface area contributed by atoms with E-state index < -0.39 is 41.6 Å². The van der Waals surface area contributed by atoms with Crippen molar-refractivity contribution in [2.24, 2.45) is 5.92 Å². The molecule has 2 atom stereocenters. The minimum atomic E-state index is -4.76. The summed E-state index contributed by atoms with van der Waals surface area (Å²) in [6.45, 7) is 0.400. The fourth-order valence-corrected chi connectivity index (χ4v) is 3.32. The molecule has 196 valence electrons. The third kappa shape index (κ3) is 7.03. The summed E-state index contributed by atoms with van der Waals surface area (Å²) in [4.78, 5) is 24.3. The second kappa shape index (κ2) is 10.6. The molecule has 2 aromatic carbocycles. The van der Waals surface area contributed by atoms with Gasteiger partial charge in [0.25, 0.3) is 0 Å². The lowest BCUT2D eigenvalue weighted by Gasteiger charge is -2.30. The van der Waals surface area contributed by atoms with Gasteiger partial charge in [0.05, 0.1) is 17.9 Å². The number of ether oxygens (including phenoxy) is 2. The molecule has 0 saturated carbocycles. The molecule has 3 rings (SSSR count). The predicted molar refractivity (Wildman–Crippen MR) is 116 cm³/mol. The number of para-hydroxylation sites is 1. The van der Waals surface area contributed by atoms with E-state index in [1.165, 1.54) is 30.3 Å². The Morgan fingerprint density at radius 3 is 2.31 bits per heavy atom. The van der Waals surface area contributed by atoms with Gasteiger partial charge in [-0.25, -0.2) is 4.79 Å². The molecule has 0 aliphatic carbocycles. The van der Waals surface area contributed by atoms with Gasteiger partial charge in [-0.3, -0.25) is 4.79 Å². The molecule has 2 amide bonds. The number of hydrogen-bond donors (Lipinski definition) is 3. The van der Waals surface area contributed by atoms with Crippen LogP contribution < -0.4 is 16.0 Å². The maximum atomic E-state index is 13.2. The Labute approximate surface area is 202 Å². The molecule has 1 heterocycles. The Bertz CT molecular complexity index is 1070. The molecule has 1 fully saturated rings. The number of halogens is 6. The Kier molecular flexibility index (Phi) is 8.02. The summed E-state index contributed by atoms with van der Waals surface area (Å²) in [5, 5.41) is 7.24. The minimum absolute atomic E-state index is 0.0312. The fourth-order valence-electron chi connectivity index (χ4n) is 3.32. The normalized spacial score (nSPS) is 18.9. The summed E-state index contributed by atoms with van der Waals surface area (Å²) in [5.74, 6) is -3.66. The number of hydrogen-bond acceptors (Lipinski definition) is 5. The van der Waals surface area contributed by atoms with Crippen molar-refractivity contribution in [3.8, 4) is 0 Å². The Morgan fingerprint density at radius 2 is 1.72 bits per heavy atom. The first-order chi connectivity index (χ1) is 16.8. The smallest absolute Gasteiger partial charge is 0.418 e. The van der Waals surface area contributed by atoms with Crippen molar-refractivity contribution in [1.82, 2.24) is 10.6 Å². The monoisotopic (exact) mass is 519 g/mol. The summed E-state index contributed by atoms with van der Waals surface area (Å²) in [6, 6.07) is 11.1. The van der Waals surface area contributed by atoms with E-state index in [2.05, 4.69) is 16.0 Å². The number of benzene rings is 2. The van der Waals surface area contributed by atoms with Gasteiger partial charge >= 0.3 is 18.4 Å². The Morgan fingerprint density at radius 1 is 1.06 bits per heavy atom. The summed E-state index contributed by atoms with van der Waals surface area (Å²) >= 11 is 0. The molecule has 1 unspecified atom stereocenters. The first-order valence-electron chi connectivity index (χ1n) is 10.7. The number of amides is 2. The first kappa shape index (κ1) is 27.1. The molecule has 1 aliphatic rings. The number of anilines is 2. The van der Waals surface area contributed by atoms with Crippen LogP contribution in [0.4, 0.5) is 42.5 Å². The van der Waals surface area contributed by atoms with Crippen molar-refractivity contribution >= 4 is 23.4 Å². The zero-order valence-electron chi connectivity index (χ0n) is 18.9. The van der Waals surface area contributed by atoms with Crippen LogP contribution >= 0.6 is 0 Å². The molecular formula is C23H23F6N3O4. The highest BCUT2D eigenvalue weighted by Crippen LogP contribution is 2.36. The van der Waals surface area contributed by atoms with Gasteiger partial charge in [0.1, 0.15) is 12.5 Å². The fraction of sp³-hybridized carbons (Fsp3) is 0.391. The van der Waals surface area contributed by atoms with Gasteiger partial charge < -0.3 is 25.4 Å². The van der Waals surface area contributed by atoms with Gasteiger partial charge in [0, 0.05) is 18.7 Å². The average molecular weight is 519 g/mol. The molecule has 3 N–H and O–H groups in total. The second-order valence-corrected chi connectivity index (χ2v) is 8.16. The molecular weight excluding hydrogens is 496 g/mol. The third-order valence-electron chi connectivity index (χ3n) is 5.41. The Hall–Kier alpha value is -3.48. The predicted octanol–water partition coefficient (Wildman–Crippen LogP) is 5.11. The van der Waals surface area contributed by atoms with Crippen molar-refractivity contribution in [3.63, 3.8) is 0 Å². The van der Waals surface area contributed by atoms with Gasteiger partial charge in [0.2, 0.25) is 11.6 Å². The number of carbonyl (C=O) groups is 2. The van der Waals surface area contributed by atoms with Crippen LogP contribution in [0.15, 0.2) is 48.5 Å². The molecule has 13 heteroatoms. The van der Waals surface area contributed by atoms with Gasteiger partial charge in [0.15, 0.2) is 0 Å². The van der Waals surface area contributed by atoms with Crippen LogP contribution in [-0.2, 0) is 27.0 Å². The van der Waals surface area contributed by atoms with Crippen molar-refractivity contribution in [2.75, 3.05) is 18.5 Å². The highest BCUT2D eigenvalue weighted by atomic mass is 19.4. The van der Waals surface area contributed by atoms with Gasteiger partial charge in [-0.1, -0.05) is 24.3 Å². The summed E-state index contributed by atoms with van der Waals surface area (Å²) in [5.41, 5.74) is -1.74. The van der Waals surface area contributed by atoms with Gasteiger partial charge in [-0.15, -0.1) is 0 Å². The van der Waals surface area contributed by atoms with E-state index in [1.54, 1.807) is 12.1 Å². The van der Waals surface area contributed by atoms with Crippen LogP contribution in [0.5, 0.6) is 0 Å². The molecule has 2 aromatic rings. The number of carbonyl (C=O) groups excluding carboxylic acids is 2. The number of nitrogens with one attached hydrogen (secondary N) is 3. The standard InChI is InChI=1S/C23H23F6N3O4/c1-14(22(24,25)26)19(33)32-21(10-11-35-13-21)36-20(34)30-12-15-6-8-16(9-7-15)31-18-5-3-2-4-17(18)23(27,28)29/h2-9,14,31H,10-13H2,1H3,(H,30,34)(H,32,33)/t14?,21-/m0/s1. The highest BCUT2D eigenvalue weighted by Gasteiger charge is 2.47. The molecule has 0 aromatic heterocycles. The lowest BCUT2D eigenvalue weighted by molar-refractivity contribution is -0.182. The van der Waals surface area contributed by atoms with Gasteiger partial charge in [-0.2, -0.15) is 26.3 Å². The van der Waals surface area contributed by atoms with E-state index in [9.17, 15) is 35.9 Å². The van der Waals surface area contributed by atoms with Crippen LogP contribution in [0, 0.1) is 5.92 Å². The third-order valence-corrected chi connectivity index (χ3v) is 5.41. The largest absolute Gasteiger partial charge is 0.420 e. The van der Waals surface area contributed by atoms with E-state index in [1.807, 2.05) is 0 Å². The number of rotatable bonds is 7.